The lowest BCUT2D eigenvalue weighted by atomic mass is 9.97. The molecule has 0 bridgehead atoms. The molecule has 0 spiro atoms. The van der Waals surface area contributed by atoms with Crippen molar-refractivity contribution >= 4 is 17.7 Å². The van der Waals surface area contributed by atoms with Gasteiger partial charge in [-0.1, -0.05) is 6.07 Å². The SMILES string of the molecule is COCCOc1cc(C)ccc1NC(=O)N1CCC(C(=O)O)CC1. The molecule has 0 saturated carbocycles. The smallest absolute Gasteiger partial charge is 0.321 e. The maximum Gasteiger partial charge on any atom is 0.321 e. The normalized spacial score (nSPS) is 15.2. The van der Waals surface area contributed by atoms with E-state index in [9.17, 15) is 9.59 Å². The Morgan fingerprint density at radius 1 is 1.29 bits per heavy atom. The summed E-state index contributed by atoms with van der Waals surface area (Å²) in [6.07, 6.45) is 0.960. The predicted octanol–water partition coefficient (Wildman–Crippen LogP) is 2.35. The molecule has 1 aliphatic rings. The van der Waals surface area contributed by atoms with Gasteiger partial charge in [0.1, 0.15) is 12.4 Å². The Morgan fingerprint density at radius 3 is 2.62 bits per heavy atom. The van der Waals surface area contributed by atoms with Gasteiger partial charge in [0.15, 0.2) is 0 Å². The van der Waals surface area contributed by atoms with E-state index in [1.54, 1.807) is 18.1 Å². The number of piperidine rings is 1. The molecule has 2 rings (SSSR count). The molecule has 1 aromatic carbocycles. The number of hydrogen-bond donors (Lipinski definition) is 2. The summed E-state index contributed by atoms with van der Waals surface area (Å²) in [5, 5.41) is 11.9. The number of benzene rings is 1. The van der Waals surface area contributed by atoms with Crippen LogP contribution in [0.5, 0.6) is 5.75 Å². The first-order valence-corrected chi connectivity index (χ1v) is 8.02. The molecule has 2 N–H and O–H groups in total. The fourth-order valence-electron chi connectivity index (χ4n) is 2.61. The molecule has 7 heteroatoms. The summed E-state index contributed by atoms with van der Waals surface area (Å²) in [6.45, 7) is 3.69. The predicted molar refractivity (Wildman–Crippen MR) is 89.5 cm³/mol. The third-order valence-corrected chi connectivity index (χ3v) is 4.06. The minimum Gasteiger partial charge on any atom is -0.489 e. The number of likely N-dealkylation sites (tertiary alicyclic amines) is 1. The highest BCUT2D eigenvalue weighted by atomic mass is 16.5. The van der Waals surface area contributed by atoms with Crippen LogP contribution in [0, 0.1) is 12.8 Å². The molecule has 1 heterocycles. The zero-order valence-electron chi connectivity index (χ0n) is 14.1. The molecule has 1 saturated heterocycles. The Morgan fingerprint density at radius 2 is 2.00 bits per heavy atom. The molecule has 0 radical (unpaired) electrons. The van der Waals surface area contributed by atoms with Gasteiger partial charge in [-0.15, -0.1) is 0 Å². The minimum atomic E-state index is -0.789. The van der Waals surface area contributed by atoms with Gasteiger partial charge in [0.05, 0.1) is 18.2 Å². The molecule has 0 atom stereocenters. The number of hydrogen-bond acceptors (Lipinski definition) is 4. The van der Waals surface area contributed by atoms with Crippen LogP contribution in [-0.4, -0.2) is 55.4 Å². The van der Waals surface area contributed by atoms with E-state index in [2.05, 4.69) is 5.32 Å². The topological polar surface area (TPSA) is 88.1 Å². The van der Waals surface area contributed by atoms with Crippen molar-refractivity contribution in [2.45, 2.75) is 19.8 Å². The third kappa shape index (κ3) is 4.86. The number of carbonyl (C=O) groups excluding carboxylic acids is 1. The van der Waals surface area contributed by atoms with E-state index in [0.717, 1.165) is 5.56 Å². The number of nitrogens with zero attached hydrogens (tertiary/aromatic N) is 1. The number of urea groups is 1. The van der Waals surface area contributed by atoms with Gasteiger partial charge < -0.3 is 24.8 Å². The van der Waals surface area contributed by atoms with Crippen LogP contribution in [0.25, 0.3) is 0 Å². The first-order valence-electron chi connectivity index (χ1n) is 8.02. The summed E-state index contributed by atoms with van der Waals surface area (Å²) < 4.78 is 10.6. The van der Waals surface area contributed by atoms with Gasteiger partial charge in [-0.25, -0.2) is 4.79 Å². The van der Waals surface area contributed by atoms with Crippen molar-refractivity contribution in [3.63, 3.8) is 0 Å². The fraction of sp³-hybridized carbons (Fsp3) is 0.529. The van der Waals surface area contributed by atoms with Crippen LogP contribution in [0.1, 0.15) is 18.4 Å². The largest absolute Gasteiger partial charge is 0.489 e. The highest BCUT2D eigenvalue weighted by Crippen LogP contribution is 2.27. The average Bonchev–Trinajstić information content (AvgIpc) is 2.57. The van der Waals surface area contributed by atoms with Crippen molar-refractivity contribution < 1.29 is 24.2 Å². The molecule has 2 amide bonds. The molecule has 0 aliphatic carbocycles. The quantitative estimate of drug-likeness (QED) is 0.779. The molecule has 7 nitrogen and oxygen atoms in total. The van der Waals surface area contributed by atoms with Gasteiger partial charge in [0, 0.05) is 20.2 Å². The molecule has 24 heavy (non-hydrogen) atoms. The van der Waals surface area contributed by atoms with Gasteiger partial charge >= 0.3 is 12.0 Å². The highest BCUT2D eigenvalue weighted by Gasteiger charge is 2.27. The van der Waals surface area contributed by atoms with Crippen LogP contribution >= 0.6 is 0 Å². The number of anilines is 1. The number of ether oxygens (including phenoxy) is 2. The van der Waals surface area contributed by atoms with Gasteiger partial charge in [-0.3, -0.25) is 4.79 Å². The zero-order chi connectivity index (χ0) is 17.5. The number of carboxylic acid groups (broad SMARTS) is 1. The highest BCUT2D eigenvalue weighted by molar-refractivity contribution is 5.91. The minimum absolute atomic E-state index is 0.237. The number of aryl methyl sites for hydroxylation is 1. The summed E-state index contributed by atoms with van der Waals surface area (Å²) in [7, 11) is 1.60. The maximum atomic E-state index is 12.4. The summed E-state index contributed by atoms with van der Waals surface area (Å²) in [4.78, 5) is 25.0. The van der Waals surface area contributed by atoms with E-state index < -0.39 is 5.97 Å². The molecule has 132 valence electrons. The van der Waals surface area contributed by atoms with E-state index >= 15 is 0 Å². The van der Waals surface area contributed by atoms with Gasteiger partial charge in [-0.05, 0) is 37.5 Å². The lowest BCUT2D eigenvalue weighted by molar-refractivity contribution is -0.143. The van der Waals surface area contributed by atoms with E-state index in [1.165, 1.54) is 0 Å². The standard InChI is InChI=1S/C17H24N2O5/c1-12-3-4-14(15(11-12)24-10-9-23-2)18-17(22)19-7-5-13(6-8-19)16(20)21/h3-4,11,13H,5-10H2,1-2H3,(H,18,22)(H,20,21). The van der Waals surface area contributed by atoms with Crippen molar-refractivity contribution in [1.82, 2.24) is 4.90 Å². The van der Waals surface area contributed by atoms with Crippen LogP contribution < -0.4 is 10.1 Å². The van der Waals surface area contributed by atoms with Gasteiger partial charge in [-0.2, -0.15) is 0 Å². The van der Waals surface area contributed by atoms with Gasteiger partial charge in [0.25, 0.3) is 0 Å². The zero-order valence-corrected chi connectivity index (χ0v) is 14.1. The van der Waals surface area contributed by atoms with E-state index in [-0.39, 0.29) is 11.9 Å². The van der Waals surface area contributed by atoms with Crippen molar-refractivity contribution in [2.24, 2.45) is 5.92 Å². The third-order valence-electron chi connectivity index (χ3n) is 4.06. The van der Waals surface area contributed by atoms with Crippen LogP contribution in [0.4, 0.5) is 10.5 Å². The Balaban J connectivity index is 1.97. The number of carboxylic acids is 1. The number of aliphatic carboxylic acids is 1. The van der Waals surface area contributed by atoms with Crippen molar-refractivity contribution in [3.05, 3.63) is 23.8 Å². The Hall–Kier alpha value is -2.28. The maximum absolute atomic E-state index is 12.4. The molecule has 1 fully saturated rings. The second-order valence-electron chi connectivity index (χ2n) is 5.87. The summed E-state index contributed by atoms with van der Waals surface area (Å²) in [6, 6.07) is 5.33. The van der Waals surface area contributed by atoms with Crippen molar-refractivity contribution in [1.29, 1.82) is 0 Å². The van der Waals surface area contributed by atoms with Crippen LogP contribution in [0.15, 0.2) is 18.2 Å². The monoisotopic (exact) mass is 336 g/mol. The molecular formula is C17H24N2O5. The average molecular weight is 336 g/mol. The van der Waals surface area contributed by atoms with Gasteiger partial charge in [0.2, 0.25) is 0 Å². The first kappa shape index (κ1) is 18.1. The van der Waals surface area contributed by atoms with E-state index in [1.807, 2.05) is 19.1 Å². The second kappa shape index (κ2) is 8.54. The Bertz CT molecular complexity index is 582. The first-order chi connectivity index (χ1) is 11.5. The number of nitrogens with one attached hydrogen (secondary N) is 1. The molecule has 0 unspecified atom stereocenters. The number of amides is 2. The Kier molecular flexibility index (Phi) is 6.43. The van der Waals surface area contributed by atoms with Crippen molar-refractivity contribution in [2.75, 3.05) is 38.7 Å². The van der Waals surface area contributed by atoms with Crippen molar-refractivity contribution in [3.8, 4) is 5.75 Å². The summed E-state index contributed by atoms with van der Waals surface area (Å²) in [5.41, 5.74) is 1.63. The summed E-state index contributed by atoms with van der Waals surface area (Å²) in [5.74, 6) is -0.551. The van der Waals surface area contributed by atoms with E-state index in [0.29, 0.717) is 50.6 Å². The number of carbonyl (C=O) groups is 2. The summed E-state index contributed by atoms with van der Waals surface area (Å²) >= 11 is 0. The molecular weight excluding hydrogens is 312 g/mol. The van der Waals surface area contributed by atoms with Crippen LogP contribution in [0.2, 0.25) is 0 Å². The Labute approximate surface area is 141 Å². The molecule has 0 aromatic heterocycles. The molecule has 1 aromatic rings. The number of methoxy groups -OCH3 is 1. The lowest BCUT2D eigenvalue weighted by Gasteiger charge is -2.30. The lowest BCUT2D eigenvalue weighted by Crippen LogP contribution is -2.42. The van der Waals surface area contributed by atoms with Crippen LogP contribution in [0.3, 0.4) is 0 Å². The fourth-order valence-corrected chi connectivity index (χ4v) is 2.61. The second-order valence-corrected chi connectivity index (χ2v) is 5.87. The molecule has 1 aliphatic heterocycles. The van der Waals surface area contributed by atoms with Crippen LogP contribution in [-0.2, 0) is 9.53 Å². The number of rotatable bonds is 6. The van der Waals surface area contributed by atoms with E-state index in [4.69, 9.17) is 14.6 Å².